The van der Waals surface area contributed by atoms with Crippen LogP contribution in [0.5, 0.6) is 0 Å². The highest BCUT2D eigenvalue weighted by molar-refractivity contribution is 5.96. The molecular weight excluding hydrogens is 653 g/mol. The van der Waals surface area contributed by atoms with Crippen molar-refractivity contribution in [1.29, 1.82) is 5.26 Å². The number of furan rings is 1. The molecule has 0 amide bonds. The average molecular weight is 697 g/mol. The van der Waals surface area contributed by atoms with Crippen molar-refractivity contribution >= 4 is 41.3 Å². The summed E-state index contributed by atoms with van der Waals surface area (Å²) in [6, 6.07) is 48.4. The molecule has 1 N–H and O–H groups in total. The number of rotatable bonds is 9. The average Bonchev–Trinajstić information content (AvgIpc) is 3.61. The Bertz CT molecular complexity index is 2190. The second-order valence-electron chi connectivity index (χ2n) is 15.2. The molecule has 0 aliphatic carbocycles. The van der Waals surface area contributed by atoms with Gasteiger partial charge in [0.25, 0.3) is 0 Å². The van der Waals surface area contributed by atoms with E-state index in [2.05, 4.69) is 168 Å². The van der Waals surface area contributed by atoms with Crippen LogP contribution in [0.2, 0.25) is 0 Å². The molecule has 1 heterocycles. The number of nitriles is 1. The maximum atomic E-state index is 11.2. The molecule has 5 nitrogen and oxygen atoms in total. The Hall–Kier alpha value is -6.38. The molecule has 0 unspecified atom stereocenters. The topological polar surface area (TPSA) is 77.5 Å². The summed E-state index contributed by atoms with van der Waals surface area (Å²) >= 11 is 0. The van der Waals surface area contributed by atoms with Crippen molar-refractivity contribution in [3.8, 4) is 28.3 Å². The van der Waals surface area contributed by atoms with Crippen LogP contribution in [0.3, 0.4) is 0 Å². The van der Waals surface area contributed by atoms with Crippen LogP contribution in [-0.4, -0.2) is 11.1 Å². The fourth-order valence-corrected chi connectivity index (χ4v) is 6.11. The minimum Gasteiger partial charge on any atom is -0.477 e. The van der Waals surface area contributed by atoms with Crippen molar-refractivity contribution in [3.05, 3.63) is 167 Å². The second kappa shape index (κ2) is 15.1. The van der Waals surface area contributed by atoms with E-state index in [-0.39, 0.29) is 16.4 Å². The van der Waals surface area contributed by atoms with Crippen molar-refractivity contribution in [3.63, 3.8) is 0 Å². The summed E-state index contributed by atoms with van der Waals surface area (Å²) in [4.78, 5) is 13.4. The van der Waals surface area contributed by atoms with Crippen LogP contribution in [-0.2, 0) is 15.6 Å². The summed E-state index contributed by atoms with van der Waals surface area (Å²) in [5.41, 5.74) is 11.2. The lowest BCUT2D eigenvalue weighted by atomic mass is 9.86. The van der Waals surface area contributed by atoms with Gasteiger partial charge in [0.2, 0.25) is 0 Å². The zero-order valence-electron chi connectivity index (χ0n) is 31.1. The Morgan fingerprint density at radius 1 is 0.566 bits per heavy atom. The van der Waals surface area contributed by atoms with Gasteiger partial charge in [-0.15, -0.1) is 0 Å². The number of carboxylic acid groups (broad SMARTS) is 1. The van der Waals surface area contributed by atoms with Gasteiger partial charge in [0.15, 0.2) is 0 Å². The minimum atomic E-state index is -1.29. The summed E-state index contributed by atoms with van der Waals surface area (Å²) < 4.78 is 5.70. The van der Waals surface area contributed by atoms with Crippen molar-refractivity contribution in [2.45, 2.75) is 52.4 Å². The Labute approximate surface area is 312 Å². The van der Waals surface area contributed by atoms with Gasteiger partial charge in [-0.25, -0.2) is 4.79 Å². The van der Waals surface area contributed by atoms with Crippen LogP contribution in [0.25, 0.3) is 40.5 Å². The molecule has 0 saturated heterocycles. The summed E-state index contributed by atoms with van der Waals surface area (Å²) in [5, 5.41) is 18.2. The van der Waals surface area contributed by atoms with Crippen molar-refractivity contribution in [1.82, 2.24) is 0 Å². The molecule has 5 aromatic carbocycles. The highest BCUT2D eigenvalue weighted by atomic mass is 16.4. The molecule has 0 fully saturated rings. The zero-order chi connectivity index (χ0) is 37.8. The normalized spacial score (nSPS) is 12.1. The maximum absolute atomic E-state index is 11.2. The number of anilines is 3. The van der Waals surface area contributed by atoms with Crippen LogP contribution < -0.4 is 4.90 Å². The Morgan fingerprint density at radius 3 is 1.32 bits per heavy atom. The molecule has 53 heavy (non-hydrogen) atoms. The smallest absolute Gasteiger partial charge is 0.346 e. The van der Waals surface area contributed by atoms with E-state index in [9.17, 15) is 4.79 Å². The van der Waals surface area contributed by atoms with E-state index in [1.807, 2.05) is 12.2 Å². The van der Waals surface area contributed by atoms with Gasteiger partial charge < -0.3 is 14.4 Å². The standard InChI is InChI=1S/C48H44N2O3/c1-47(2,3)39-18-10-34(11-19-39)36-14-24-42(25-15-36)50(43-26-16-37(17-27-43)35-12-20-40(21-13-35)48(4,5)6)41-22-7-33(8-23-41)9-28-44-29-30-45(53-44)31-38(32-49)46(51)52/h7-31H,1-6H3,(H,51,52)/b28-9+,38-31-. The molecule has 1 aromatic heterocycles. The van der Waals surface area contributed by atoms with E-state index in [4.69, 9.17) is 14.8 Å². The monoisotopic (exact) mass is 696 g/mol. The van der Waals surface area contributed by atoms with Crippen molar-refractivity contribution in [2.75, 3.05) is 4.90 Å². The molecule has 0 saturated carbocycles. The van der Waals surface area contributed by atoms with Gasteiger partial charge in [0, 0.05) is 23.1 Å². The number of aliphatic carboxylic acids is 1. The Kier molecular flexibility index (Phi) is 10.4. The first-order valence-corrected chi connectivity index (χ1v) is 17.7. The number of carbonyl (C=O) groups is 1. The first-order valence-electron chi connectivity index (χ1n) is 17.7. The molecule has 0 radical (unpaired) electrons. The second-order valence-corrected chi connectivity index (χ2v) is 15.2. The quantitative estimate of drug-likeness (QED) is 0.120. The Morgan fingerprint density at radius 2 is 0.943 bits per heavy atom. The molecule has 0 aliphatic rings. The molecule has 264 valence electrons. The fraction of sp³-hybridized carbons (Fsp3) is 0.167. The zero-order valence-corrected chi connectivity index (χ0v) is 31.1. The van der Waals surface area contributed by atoms with Crippen LogP contribution in [0.15, 0.2) is 143 Å². The van der Waals surface area contributed by atoms with Crippen LogP contribution in [0, 0.1) is 11.3 Å². The predicted octanol–water partition coefficient (Wildman–Crippen LogP) is 12.8. The molecule has 0 spiro atoms. The molecule has 0 bridgehead atoms. The molecule has 5 heteroatoms. The van der Waals surface area contributed by atoms with Gasteiger partial charge in [-0.2, -0.15) is 5.26 Å². The number of hydrogen-bond acceptors (Lipinski definition) is 4. The highest BCUT2D eigenvalue weighted by Gasteiger charge is 2.16. The van der Waals surface area contributed by atoms with E-state index in [1.165, 1.54) is 28.3 Å². The third kappa shape index (κ3) is 8.75. The summed E-state index contributed by atoms with van der Waals surface area (Å²) in [6.07, 6.45) is 4.96. The van der Waals surface area contributed by atoms with Gasteiger partial charge in [-0.3, -0.25) is 0 Å². The van der Waals surface area contributed by atoms with Gasteiger partial charge in [-0.05, 0) is 104 Å². The lowest BCUT2D eigenvalue weighted by Crippen LogP contribution is -2.10. The van der Waals surface area contributed by atoms with Gasteiger partial charge in [0.1, 0.15) is 23.2 Å². The fourth-order valence-electron chi connectivity index (χ4n) is 6.11. The lowest BCUT2D eigenvalue weighted by Gasteiger charge is -2.26. The first-order chi connectivity index (χ1) is 25.3. The minimum absolute atomic E-state index is 0.103. The lowest BCUT2D eigenvalue weighted by molar-refractivity contribution is -0.132. The van der Waals surface area contributed by atoms with Crippen molar-refractivity contribution in [2.24, 2.45) is 0 Å². The van der Waals surface area contributed by atoms with Crippen LogP contribution in [0.1, 0.15) is 69.8 Å². The molecule has 6 aromatic rings. The third-order valence-corrected chi connectivity index (χ3v) is 9.30. The summed E-state index contributed by atoms with van der Waals surface area (Å²) in [5.74, 6) is -0.444. The number of nitrogens with zero attached hydrogens (tertiary/aromatic N) is 2. The largest absolute Gasteiger partial charge is 0.477 e. The number of benzene rings is 5. The molecule has 0 atom stereocenters. The van der Waals surface area contributed by atoms with E-state index >= 15 is 0 Å². The van der Waals surface area contributed by atoms with Gasteiger partial charge >= 0.3 is 5.97 Å². The van der Waals surface area contributed by atoms with E-state index < -0.39 is 5.97 Å². The Balaban J connectivity index is 1.29. The van der Waals surface area contributed by atoms with Gasteiger partial charge in [0.05, 0.1) is 0 Å². The van der Waals surface area contributed by atoms with E-state index in [0.717, 1.165) is 33.8 Å². The van der Waals surface area contributed by atoms with Crippen molar-refractivity contribution < 1.29 is 14.3 Å². The van der Waals surface area contributed by atoms with E-state index in [0.29, 0.717) is 11.5 Å². The molecule has 0 aliphatic heterocycles. The maximum Gasteiger partial charge on any atom is 0.346 e. The SMILES string of the molecule is CC(C)(C)c1ccc(-c2ccc(N(c3ccc(/C=C/c4ccc(/C=C(/C#N)C(=O)O)o4)cc3)c3ccc(-c4ccc(C(C)(C)C)cc4)cc3)cc2)cc1. The highest BCUT2D eigenvalue weighted by Crippen LogP contribution is 2.37. The first kappa shape index (κ1) is 36.4. The van der Waals surface area contributed by atoms with Crippen LogP contribution in [0.4, 0.5) is 17.1 Å². The summed E-state index contributed by atoms with van der Waals surface area (Å²) in [7, 11) is 0. The van der Waals surface area contributed by atoms with Gasteiger partial charge in [-0.1, -0.05) is 133 Å². The van der Waals surface area contributed by atoms with Crippen LogP contribution >= 0.6 is 0 Å². The third-order valence-electron chi connectivity index (χ3n) is 9.30. The van der Waals surface area contributed by atoms with E-state index in [1.54, 1.807) is 18.2 Å². The number of hydrogen-bond donors (Lipinski definition) is 1. The molecule has 6 rings (SSSR count). The number of carboxylic acids is 1. The summed E-state index contributed by atoms with van der Waals surface area (Å²) in [6.45, 7) is 13.4. The predicted molar refractivity (Wildman–Crippen MR) is 218 cm³/mol. The molecular formula is C48H44N2O3.